The van der Waals surface area contributed by atoms with Gasteiger partial charge in [0.15, 0.2) is 0 Å². The van der Waals surface area contributed by atoms with Crippen LogP contribution in [0.25, 0.3) is 0 Å². The SMILES string of the molecule is NC(=O)[C@@H]1Cc2ccccc2CN1C(=O)C1CCN(C(=O)c2ccc(Cl)cc2)CC1. The lowest BCUT2D eigenvalue weighted by molar-refractivity contribution is -0.145. The summed E-state index contributed by atoms with van der Waals surface area (Å²) < 4.78 is 0. The molecule has 0 spiro atoms. The average Bonchev–Trinajstić information content (AvgIpc) is 2.78. The van der Waals surface area contributed by atoms with Crippen molar-refractivity contribution in [2.75, 3.05) is 13.1 Å². The monoisotopic (exact) mass is 425 g/mol. The Balaban J connectivity index is 1.43. The number of fused-ring (bicyclic) bond motifs is 1. The molecule has 6 nitrogen and oxygen atoms in total. The maximum atomic E-state index is 13.3. The van der Waals surface area contributed by atoms with Crippen LogP contribution in [-0.2, 0) is 22.6 Å². The van der Waals surface area contributed by atoms with Crippen LogP contribution in [-0.4, -0.2) is 46.7 Å². The second-order valence-corrected chi connectivity index (χ2v) is 8.37. The Labute approximate surface area is 180 Å². The zero-order valence-corrected chi connectivity index (χ0v) is 17.3. The number of halogens is 1. The van der Waals surface area contributed by atoms with Crippen molar-refractivity contribution in [2.24, 2.45) is 11.7 Å². The van der Waals surface area contributed by atoms with E-state index in [0.29, 0.717) is 49.5 Å². The van der Waals surface area contributed by atoms with E-state index in [4.69, 9.17) is 17.3 Å². The smallest absolute Gasteiger partial charge is 0.253 e. The van der Waals surface area contributed by atoms with Gasteiger partial charge in [0.25, 0.3) is 5.91 Å². The average molecular weight is 426 g/mol. The molecule has 3 amide bonds. The summed E-state index contributed by atoms with van der Waals surface area (Å²) in [5.41, 5.74) is 8.33. The highest BCUT2D eigenvalue weighted by Gasteiger charge is 2.37. The molecule has 1 atom stereocenters. The molecule has 0 bridgehead atoms. The maximum Gasteiger partial charge on any atom is 0.253 e. The standard InChI is InChI=1S/C23H24ClN3O3/c24-19-7-5-15(6-8-19)22(29)26-11-9-16(10-12-26)23(30)27-14-18-4-2-1-3-17(18)13-20(27)21(25)28/h1-8,16,20H,9-14H2,(H2,25,28)/t20-/m0/s1. The van der Waals surface area contributed by atoms with Crippen LogP contribution in [0.3, 0.4) is 0 Å². The van der Waals surface area contributed by atoms with Gasteiger partial charge in [-0.15, -0.1) is 0 Å². The van der Waals surface area contributed by atoms with Crippen LogP contribution in [0.1, 0.15) is 34.3 Å². The molecule has 0 aliphatic carbocycles. The topological polar surface area (TPSA) is 83.7 Å². The number of carbonyl (C=O) groups excluding carboxylic acids is 3. The fourth-order valence-corrected chi connectivity index (χ4v) is 4.47. The van der Waals surface area contributed by atoms with Gasteiger partial charge < -0.3 is 15.5 Å². The van der Waals surface area contributed by atoms with Gasteiger partial charge in [-0.1, -0.05) is 35.9 Å². The molecular weight excluding hydrogens is 402 g/mol. The van der Waals surface area contributed by atoms with E-state index in [9.17, 15) is 14.4 Å². The summed E-state index contributed by atoms with van der Waals surface area (Å²) in [4.78, 5) is 41.4. The van der Waals surface area contributed by atoms with Crippen molar-refractivity contribution in [2.45, 2.75) is 31.8 Å². The number of hydrogen-bond acceptors (Lipinski definition) is 3. The molecule has 2 aromatic rings. The quantitative estimate of drug-likeness (QED) is 0.820. The van der Waals surface area contributed by atoms with Crippen molar-refractivity contribution in [1.29, 1.82) is 0 Å². The Morgan fingerprint density at radius 1 is 0.933 bits per heavy atom. The highest BCUT2D eigenvalue weighted by molar-refractivity contribution is 6.30. The molecule has 30 heavy (non-hydrogen) atoms. The van der Waals surface area contributed by atoms with Crippen LogP contribution >= 0.6 is 11.6 Å². The van der Waals surface area contributed by atoms with Crippen molar-refractivity contribution in [3.8, 4) is 0 Å². The summed E-state index contributed by atoms with van der Waals surface area (Å²) >= 11 is 5.90. The molecule has 2 N–H and O–H groups in total. The number of nitrogens with zero attached hydrogens (tertiary/aromatic N) is 2. The van der Waals surface area contributed by atoms with Gasteiger partial charge >= 0.3 is 0 Å². The normalized spacial score (nSPS) is 19.3. The Bertz CT molecular complexity index is 968. The van der Waals surface area contributed by atoms with Crippen LogP contribution in [0.15, 0.2) is 48.5 Å². The first-order valence-electron chi connectivity index (χ1n) is 10.2. The van der Waals surface area contributed by atoms with Crippen LogP contribution in [0.2, 0.25) is 5.02 Å². The Morgan fingerprint density at radius 2 is 1.57 bits per heavy atom. The minimum Gasteiger partial charge on any atom is -0.368 e. The molecule has 7 heteroatoms. The molecule has 1 saturated heterocycles. The molecule has 2 aromatic carbocycles. The van der Waals surface area contributed by atoms with Gasteiger partial charge in [0.05, 0.1) is 0 Å². The molecule has 0 saturated carbocycles. The Morgan fingerprint density at radius 3 is 2.20 bits per heavy atom. The first-order chi connectivity index (χ1) is 14.4. The van der Waals surface area contributed by atoms with E-state index < -0.39 is 11.9 Å². The predicted octanol–water partition coefficient (Wildman–Crippen LogP) is 2.63. The highest BCUT2D eigenvalue weighted by Crippen LogP contribution is 2.28. The zero-order chi connectivity index (χ0) is 21.3. The van der Waals surface area contributed by atoms with Gasteiger partial charge in [-0.3, -0.25) is 14.4 Å². The minimum absolute atomic E-state index is 0.0492. The van der Waals surface area contributed by atoms with E-state index in [-0.39, 0.29) is 17.7 Å². The number of primary amides is 1. The minimum atomic E-state index is -0.624. The summed E-state index contributed by atoms with van der Waals surface area (Å²) in [6.45, 7) is 1.40. The lowest BCUT2D eigenvalue weighted by Gasteiger charge is -2.39. The molecule has 0 unspecified atom stereocenters. The van der Waals surface area contributed by atoms with E-state index in [1.807, 2.05) is 24.3 Å². The lowest BCUT2D eigenvalue weighted by atomic mass is 9.89. The second-order valence-electron chi connectivity index (χ2n) is 7.93. The number of carbonyl (C=O) groups is 3. The fraction of sp³-hybridized carbons (Fsp3) is 0.348. The number of benzene rings is 2. The van der Waals surface area contributed by atoms with Gasteiger partial charge in [-0.25, -0.2) is 0 Å². The highest BCUT2D eigenvalue weighted by atomic mass is 35.5. The number of likely N-dealkylation sites (tertiary alicyclic amines) is 1. The molecule has 2 aliphatic rings. The van der Waals surface area contributed by atoms with Crippen LogP contribution < -0.4 is 5.73 Å². The van der Waals surface area contributed by atoms with E-state index in [1.165, 1.54) is 0 Å². The summed E-state index contributed by atoms with van der Waals surface area (Å²) in [5.74, 6) is -0.800. The Hall–Kier alpha value is -2.86. The number of piperidine rings is 1. The molecule has 156 valence electrons. The van der Waals surface area contributed by atoms with Crippen molar-refractivity contribution in [3.05, 3.63) is 70.2 Å². The second kappa shape index (κ2) is 8.48. The molecule has 1 fully saturated rings. The summed E-state index contributed by atoms with van der Waals surface area (Å²) in [7, 11) is 0. The van der Waals surface area contributed by atoms with Crippen molar-refractivity contribution in [3.63, 3.8) is 0 Å². The van der Waals surface area contributed by atoms with Gasteiger partial charge in [0.2, 0.25) is 11.8 Å². The lowest BCUT2D eigenvalue weighted by Crippen LogP contribution is -2.54. The van der Waals surface area contributed by atoms with E-state index >= 15 is 0 Å². The molecular formula is C23H24ClN3O3. The largest absolute Gasteiger partial charge is 0.368 e. The third-order valence-corrected chi connectivity index (χ3v) is 6.33. The molecule has 4 rings (SSSR count). The van der Waals surface area contributed by atoms with Crippen molar-refractivity contribution < 1.29 is 14.4 Å². The third kappa shape index (κ3) is 4.05. The summed E-state index contributed by atoms with van der Waals surface area (Å²) in [6, 6.07) is 14.0. The number of nitrogens with two attached hydrogens (primary N) is 1. The van der Waals surface area contributed by atoms with Crippen molar-refractivity contribution in [1.82, 2.24) is 9.80 Å². The maximum absolute atomic E-state index is 13.3. The van der Waals surface area contributed by atoms with Crippen LogP contribution in [0.5, 0.6) is 0 Å². The van der Waals surface area contributed by atoms with Crippen molar-refractivity contribution >= 4 is 29.3 Å². The van der Waals surface area contributed by atoms with Gasteiger partial charge in [-0.05, 0) is 48.2 Å². The molecule has 0 aromatic heterocycles. The Kier molecular flexibility index (Phi) is 5.77. The van der Waals surface area contributed by atoms with Gasteiger partial charge in [-0.2, -0.15) is 0 Å². The molecule has 2 heterocycles. The van der Waals surface area contributed by atoms with Gasteiger partial charge in [0.1, 0.15) is 6.04 Å². The van der Waals surface area contributed by atoms with E-state index in [0.717, 1.165) is 11.1 Å². The number of amides is 3. The predicted molar refractivity (Wildman–Crippen MR) is 114 cm³/mol. The fourth-order valence-electron chi connectivity index (χ4n) is 4.35. The number of rotatable bonds is 3. The summed E-state index contributed by atoms with van der Waals surface area (Å²) in [6.07, 6.45) is 1.59. The van der Waals surface area contributed by atoms with Crippen LogP contribution in [0, 0.1) is 5.92 Å². The first-order valence-corrected chi connectivity index (χ1v) is 10.5. The third-order valence-electron chi connectivity index (χ3n) is 6.08. The van der Waals surface area contributed by atoms with Gasteiger partial charge in [0, 0.05) is 42.6 Å². The summed E-state index contributed by atoms with van der Waals surface area (Å²) in [5, 5.41) is 0.586. The van der Waals surface area contributed by atoms with Crippen LogP contribution in [0.4, 0.5) is 0 Å². The zero-order valence-electron chi connectivity index (χ0n) is 16.6. The molecule has 0 radical (unpaired) electrons. The van der Waals surface area contributed by atoms with E-state index in [2.05, 4.69) is 0 Å². The number of hydrogen-bond donors (Lipinski definition) is 1. The van der Waals surface area contributed by atoms with E-state index in [1.54, 1.807) is 34.1 Å². The first kappa shape index (κ1) is 20.4. The molecule has 2 aliphatic heterocycles.